The van der Waals surface area contributed by atoms with Crippen molar-refractivity contribution in [2.45, 2.75) is 12.2 Å². The second kappa shape index (κ2) is 4.77. The number of aliphatic hydroxyl groups excluding tert-OH is 2. The fraction of sp³-hybridized carbons (Fsp3) is 0.333. The lowest BCUT2D eigenvalue weighted by Crippen LogP contribution is -2.28. The molecule has 0 fully saturated rings. The molecule has 7 heteroatoms. The Morgan fingerprint density at radius 2 is 2.12 bits per heavy atom. The molecular formula is C9H12N2O5. The molecule has 0 aliphatic carbocycles. The fourth-order valence-electron chi connectivity index (χ4n) is 1.09. The van der Waals surface area contributed by atoms with Gasteiger partial charge in [0.25, 0.3) is 0 Å². The van der Waals surface area contributed by atoms with E-state index in [-0.39, 0.29) is 17.3 Å². The van der Waals surface area contributed by atoms with Gasteiger partial charge < -0.3 is 25.8 Å². The molecule has 1 rings (SSSR count). The van der Waals surface area contributed by atoms with Crippen molar-refractivity contribution in [2.75, 3.05) is 12.8 Å². The number of nitrogen functional groups attached to an aromatic ring is 1. The highest BCUT2D eigenvalue weighted by molar-refractivity contribution is 5.73. The molecule has 2 unspecified atom stereocenters. The van der Waals surface area contributed by atoms with E-state index in [1.807, 2.05) is 0 Å². The predicted octanol–water partition coefficient (Wildman–Crippen LogP) is -0.849. The van der Waals surface area contributed by atoms with Gasteiger partial charge in [-0.05, 0) is 12.1 Å². The van der Waals surface area contributed by atoms with E-state index in [2.05, 4.69) is 4.98 Å². The molecule has 1 heterocycles. The Labute approximate surface area is 91.1 Å². The van der Waals surface area contributed by atoms with E-state index in [0.717, 1.165) is 0 Å². The molecule has 0 saturated heterocycles. The summed E-state index contributed by atoms with van der Waals surface area (Å²) >= 11 is 0. The number of carboxylic acids is 1. The van der Waals surface area contributed by atoms with Gasteiger partial charge in [0, 0.05) is 0 Å². The minimum Gasteiger partial charge on any atom is -0.480 e. The highest BCUT2D eigenvalue weighted by Crippen LogP contribution is 2.22. The first kappa shape index (κ1) is 12.2. The van der Waals surface area contributed by atoms with Crippen LogP contribution in [-0.2, 0) is 4.79 Å². The first-order chi connectivity index (χ1) is 7.47. The third-order valence-corrected chi connectivity index (χ3v) is 1.96. The molecule has 0 spiro atoms. The van der Waals surface area contributed by atoms with Gasteiger partial charge in [-0.1, -0.05) is 0 Å². The van der Waals surface area contributed by atoms with Gasteiger partial charge in [0.05, 0.1) is 18.5 Å². The lowest BCUT2D eigenvalue weighted by molar-refractivity contribution is -0.153. The predicted molar refractivity (Wildman–Crippen MR) is 53.8 cm³/mol. The zero-order chi connectivity index (χ0) is 12.3. The molecule has 0 amide bonds. The second-order valence-corrected chi connectivity index (χ2v) is 3.06. The number of nitrogens with zero attached hydrogens (tertiary/aromatic N) is 1. The maximum absolute atomic E-state index is 10.4. The van der Waals surface area contributed by atoms with Crippen LogP contribution < -0.4 is 10.5 Å². The van der Waals surface area contributed by atoms with Crippen LogP contribution in [0.25, 0.3) is 0 Å². The Bertz CT molecular complexity index is 395. The first-order valence-electron chi connectivity index (χ1n) is 4.36. The van der Waals surface area contributed by atoms with Crippen molar-refractivity contribution in [3.63, 3.8) is 0 Å². The van der Waals surface area contributed by atoms with Crippen molar-refractivity contribution in [3.05, 3.63) is 17.8 Å². The summed E-state index contributed by atoms with van der Waals surface area (Å²) in [6.07, 6.45) is -3.58. The molecule has 1 aromatic rings. The van der Waals surface area contributed by atoms with Gasteiger partial charge in [-0.3, -0.25) is 0 Å². The van der Waals surface area contributed by atoms with Crippen molar-refractivity contribution in [1.82, 2.24) is 4.98 Å². The zero-order valence-corrected chi connectivity index (χ0v) is 8.49. The largest absolute Gasteiger partial charge is 0.480 e. The number of hydrogen-bond acceptors (Lipinski definition) is 6. The second-order valence-electron chi connectivity index (χ2n) is 3.06. The van der Waals surface area contributed by atoms with Crippen molar-refractivity contribution in [2.24, 2.45) is 0 Å². The molecule has 0 aliphatic rings. The SMILES string of the molecule is COc1nc(C(O)C(O)C(=O)O)ccc1N. The van der Waals surface area contributed by atoms with E-state index in [1.54, 1.807) is 0 Å². The van der Waals surface area contributed by atoms with Crippen LogP contribution in [0.2, 0.25) is 0 Å². The normalized spacial score (nSPS) is 14.2. The monoisotopic (exact) mass is 228 g/mol. The number of ether oxygens (including phenoxy) is 1. The average Bonchev–Trinajstić information content (AvgIpc) is 2.27. The third-order valence-electron chi connectivity index (χ3n) is 1.96. The Balaban J connectivity index is 3.00. The van der Waals surface area contributed by atoms with Gasteiger partial charge in [-0.2, -0.15) is 0 Å². The van der Waals surface area contributed by atoms with Gasteiger partial charge in [0.1, 0.15) is 6.10 Å². The quantitative estimate of drug-likeness (QED) is 0.528. The van der Waals surface area contributed by atoms with Crippen LogP contribution in [0.1, 0.15) is 11.8 Å². The van der Waals surface area contributed by atoms with Crippen molar-refractivity contribution < 1.29 is 24.9 Å². The minimum absolute atomic E-state index is 0.0269. The highest BCUT2D eigenvalue weighted by atomic mass is 16.5. The molecule has 0 saturated carbocycles. The number of aliphatic carboxylic acids is 1. The van der Waals surface area contributed by atoms with Gasteiger partial charge in [0.2, 0.25) is 5.88 Å². The summed E-state index contributed by atoms with van der Waals surface area (Å²) in [7, 11) is 1.34. The van der Waals surface area contributed by atoms with E-state index < -0.39 is 18.2 Å². The Morgan fingerprint density at radius 3 is 2.62 bits per heavy atom. The fourth-order valence-corrected chi connectivity index (χ4v) is 1.09. The van der Waals surface area contributed by atoms with Crippen molar-refractivity contribution in [1.29, 1.82) is 0 Å². The van der Waals surface area contributed by atoms with Crippen LogP contribution in [-0.4, -0.2) is 39.5 Å². The minimum atomic E-state index is -1.94. The van der Waals surface area contributed by atoms with Crippen LogP contribution >= 0.6 is 0 Å². The van der Waals surface area contributed by atoms with E-state index >= 15 is 0 Å². The number of aromatic nitrogens is 1. The third kappa shape index (κ3) is 2.38. The Kier molecular flexibility index (Phi) is 3.64. The first-order valence-corrected chi connectivity index (χ1v) is 4.36. The number of methoxy groups -OCH3 is 1. The number of nitrogens with two attached hydrogens (primary N) is 1. The molecule has 0 aliphatic heterocycles. The number of pyridine rings is 1. The summed E-state index contributed by atoms with van der Waals surface area (Å²) in [5.41, 5.74) is 5.71. The van der Waals surface area contributed by atoms with E-state index in [4.69, 9.17) is 20.7 Å². The lowest BCUT2D eigenvalue weighted by atomic mass is 10.1. The zero-order valence-electron chi connectivity index (χ0n) is 8.49. The van der Waals surface area contributed by atoms with Gasteiger partial charge in [-0.15, -0.1) is 0 Å². The molecular weight excluding hydrogens is 216 g/mol. The maximum atomic E-state index is 10.4. The van der Waals surface area contributed by atoms with Crippen LogP contribution in [0.5, 0.6) is 5.88 Å². The Hall–Kier alpha value is -1.86. The number of anilines is 1. The average molecular weight is 228 g/mol. The van der Waals surface area contributed by atoms with E-state index in [9.17, 15) is 9.90 Å². The molecule has 0 bridgehead atoms. The number of aliphatic hydroxyl groups is 2. The summed E-state index contributed by atoms with van der Waals surface area (Å²) < 4.78 is 4.80. The number of rotatable bonds is 4. The van der Waals surface area contributed by atoms with Crippen LogP contribution in [0.15, 0.2) is 12.1 Å². The summed E-state index contributed by atoms with van der Waals surface area (Å²) in [6, 6.07) is 2.72. The molecule has 88 valence electrons. The standard InChI is InChI=1S/C9H12N2O5/c1-16-8-4(10)2-3-5(11-8)6(12)7(13)9(14)15/h2-3,6-7,12-13H,10H2,1H3,(H,14,15). The molecule has 2 atom stereocenters. The molecule has 0 aromatic carbocycles. The summed E-state index contributed by atoms with van der Waals surface area (Å²) in [5, 5.41) is 27.1. The molecule has 16 heavy (non-hydrogen) atoms. The van der Waals surface area contributed by atoms with E-state index in [1.165, 1.54) is 19.2 Å². The number of carboxylic acid groups (broad SMARTS) is 1. The van der Waals surface area contributed by atoms with Crippen LogP contribution in [0.4, 0.5) is 5.69 Å². The molecule has 7 nitrogen and oxygen atoms in total. The summed E-state index contributed by atoms with van der Waals surface area (Å²) in [6.45, 7) is 0. The molecule has 0 radical (unpaired) electrons. The highest BCUT2D eigenvalue weighted by Gasteiger charge is 2.26. The smallest absolute Gasteiger partial charge is 0.335 e. The lowest BCUT2D eigenvalue weighted by Gasteiger charge is -2.14. The van der Waals surface area contributed by atoms with Gasteiger partial charge in [-0.25, -0.2) is 9.78 Å². The summed E-state index contributed by atoms with van der Waals surface area (Å²) in [5.74, 6) is -1.47. The number of hydrogen-bond donors (Lipinski definition) is 4. The Morgan fingerprint density at radius 1 is 1.50 bits per heavy atom. The number of carbonyl (C=O) groups is 1. The summed E-state index contributed by atoms with van der Waals surface area (Å²) in [4.78, 5) is 14.2. The molecule has 5 N–H and O–H groups in total. The van der Waals surface area contributed by atoms with Crippen LogP contribution in [0.3, 0.4) is 0 Å². The van der Waals surface area contributed by atoms with E-state index in [0.29, 0.717) is 0 Å². The topological polar surface area (TPSA) is 126 Å². The van der Waals surface area contributed by atoms with Crippen molar-refractivity contribution >= 4 is 11.7 Å². The maximum Gasteiger partial charge on any atom is 0.335 e. The van der Waals surface area contributed by atoms with Gasteiger partial charge >= 0.3 is 5.97 Å². The molecule has 1 aromatic heterocycles. The van der Waals surface area contributed by atoms with Crippen molar-refractivity contribution in [3.8, 4) is 5.88 Å². The van der Waals surface area contributed by atoms with Crippen LogP contribution in [0, 0.1) is 0 Å². The van der Waals surface area contributed by atoms with Gasteiger partial charge in [0.15, 0.2) is 6.10 Å².